The lowest BCUT2D eigenvalue weighted by Crippen LogP contribution is -2.53. The van der Waals surface area contributed by atoms with Gasteiger partial charge in [-0.25, -0.2) is 4.39 Å². The second kappa shape index (κ2) is 10.6. The predicted octanol–water partition coefficient (Wildman–Crippen LogP) is 2.58. The number of piperazine rings is 1. The zero-order chi connectivity index (χ0) is 26.7. The predicted molar refractivity (Wildman–Crippen MR) is 126 cm³/mol. The van der Waals surface area contributed by atoms with Gasteiger partial charge in [0.05, 0.1) is 23.7 Å². The molecular formula is C25H25F4N5O3. The van der Waals surface area contributed by atoms with Crippen molar-refractivity contribution in [3.63, 3.8) is 0 Å². The summed E-state index contributed by atoms with van der Waals surface area (Å²) < 4.78 is 53.4. The van der Waals surface area contributed by atoms with Crippen molar-refractivity contribution in [1.29, 1.82) is 0 Å². The largest absolute Gasteiger partial charge is 0.417 e. The normalized spacial score (nSPS) is 19.8. The summed E-state index contributed by atoms with van der Waals surface area (Å²) in [5.74, 6) is -3.02. The molecule has 2 aromatic carbocycles. The Morgan fingerprint density at radius 3 is 2.32 bits per heavy atom. The van der Waals surface area contributed by atoms with Crippen molar-refractivity contribution in [2.45, 2.75) is 19.1 Å². The van der Waals surface area contributed by atoms with Gasteiger partial charge >= 0.3 is 6.18 Å². The van der Waals surface area contributed by atoms with Gasteiger partial charge in [0.1, 0.15) is 11.5 Å². The molecule has 196 valence electrons. The Labute approximate surface area is 210 Å². The van der Waals surface area contributed by atoms with Crippen molar-refractivity contribution in [2.24, 2.45) is 11.0 Å². The van der Waals surface area contributed by atoms with E-state index in [-0.39, 0.29) is 50.4 Å². The van der Waals surface area contributed by atoms with Gasteiger partial charge in [-0.15, -0.1) is 0 Å². The van der Waals surface area contributed by atoms with E-state index in [4.69, 9.17) is 0 Å². The minimum absolute atomic E-state index is 0.0290. The van der Waals surface area contributed by atoms with Crippen molar-refractivity contribution < 1.29 is 31.9 Å². The Bertz CT molecular complexity index is 1210. The fraction of sp³-hybridized carbons (Fsp3) is 0.360. The molecular weight excluding hydrogens is 494 g/mol. The highest BCUT2D eigenvalue weighted by Crippen LogP contribution is 2.33. The van der Waals surface area contributed by atoms with Crippen LogP contribution < -0.4 is 10.7 Å². The summed E-state index contributed by atoms with van der Waals surface area (Å²) >= 11 is 0. The number of alkyl halides is 3. The van der Waals surface area contributed by atoms with Crippen LogP contribution in [0.3, 0.4) is 0 Å². The van der Waals surface area contributed by atoms with E-state index in [0.717, 1.165) is 10.5 Å². The van der Waals surface area contributed by atoms with E-state index in [2.05, 4.69) is 15.8 Å². The van der Waals surface area contributed by atoms with E-state index < -0.39 is 40.8 Å². The molecule has 37 heavy (non-hydrogen) atoms. The van der Waals surface area contributed by atoms with Crippen molar-refractivity contribution in [2.75, 3.05) is 32.7 Å². The van der Waals surface area contributed by atoms with Crippen LogP contribution in [0.25, 0.3) is 0 Å². The minimum Gasteiger partial charge on any atom is -0.342 e. The molecule has 0 aliphatic carbocycles. The van der Waals surface area contributed by atoms with Gasteiger partial charge < -0.3 is 20.5 Å². The van der Waals surface area contributed by atoms with E-state index >= 15 is 0 Å². The molecule has 2 aliphatic rings. The molecule has 12 heteroatoms. The Morgan fingerprint density at radius 1 is 1.03 bits per heavy atom. The van der Waals surface area contributed by atoms with Crippen LogP contribution in [-0.2, 0) is 15.8 Å². The molecule has 2 unspecified atom stereocenters. The molecule has 3 amide bonds. The molecule has 1 fully saturated rings. The van der Waals surface area contributed by atoms with Gasteiger partial charge in [-0.3, -0.25) is 14.4 Å². The summed E-state index contributed by atoms with van der Waals surface area (Å²) in [6.45, 7) is 1.63. The third-order valence-electron chi connectivity index (χ3n) is 6.48. The number of benzene rings is 2. The Kier molecular flexibility index (Phi) is 7.46. The summed E-state index contributed by atoms with van der Waals surface area (Å²) in [6.07, 6.45) is -4.81. The zero-order valence-corrected chi connectivity index (χ0v) is 19.9. The average Bonchev–Trinajstić information content (AvgIpc) is 3.27. The molecule has 0 aromatic heterocycles. The SMILES string of the molecule is CC1C(C(=O)NCC(=O)N2CCN(C(=O)c3cc(F)ccc3C(F)(F)F)CC2)=NNC1c1ccccc1. The molecule has 0 saturated carbocycles. The van der Waals surface area contributed by atoms with Crippen LogP contribution in [0.4, 0.5) is 17.6 Å². The number of nitrogens with one attached hydrogen (secondary N) is 2. The van der Waals surface area contributed by atoms with Gasteiger partial charge in [0, 0.05) is 32.1 Å². The lowest BCUT2D eigenvalue weighted by atomic mass is 9.92. The lowest BCUT2D eigenvalue weighted by Gasteiger charge is -2.35. The molecule has 0 radical (unpaired) electrons. The van der Waals surface area contributed by atoms with Crippen LogP contribution in [-0.4, -0.2) is 66.0 Å². The monoisotopic (exact) mass is 519 g/mol. The molecule has 4 rings (SSSR count). The molecule has 0 bridgehead atoms. The number of halogens is 4. The first-order valence-corrected chi connectivity index (χ1v) is 11.7. The van der Waals surface area contributed by atoms with Crippen molar-refractivity contribution in [3.05, 3.63) is 71.0 Å². The first-order valence-electron chi connectivity index (χ1n) is 11.7. The van der Waals surface area contributed by atoms with Crippen LogP contribution in [0, 0.1) is 11.7 Å². The zero-order valence-electron chi connectivity index (χ0n) is 19.9. The number of hydrogen-bond acceptors (Lipinski definition) is 5. The maximum atomic E-state index is 13.6. The van der Waals surface area contributed by atoms with Crippen molar-refractivity contribution in [3.8, 4) is 0 Å². The van der Waals surface area contributed by atoms with Gasteiger partial charge in [0.25, 0.3) is 11.8 Å². The molecule has 2 heterocycles. The summed E-state index contributed by atoms with van der Waals surface area (Å²) in [4.78, 5) is 40.5. The van der Waals surface area contributed by atoms with Gasteiger partial charge in [0.2, 0.25) is 5.91 Å². The van der Waals surface area contributed by atoms with E-state index in [1.54, 1.807) is 0 Å². The second-order valence-electron chi connectivity index (χ2n) is 8.85. The van der Waals surface area contributed by atoms with E-state index in [9.17, 15) is 31.9 Å². The lowest BCUT2D eigenvalue weighted by molar-refractivity contribution is -0.138. The van der Waals surface area contributed by atoms with Crippen molar-refractivity contribution in [1.82, 2.24) is 20.5 Å². The van der Waals surface area contributed by atoms with Crippen LogP contribution in [0.2, 0.25) is 0 Å². The number of carbonyl (C=O) groups is 3. The topological polar surface area (TPSA) is 94.1 Å². The maximum absolute atomic E-state index is 13.6. The average molecular weight is 519 g/mol. The summed E-state index contributed by atoms with van der Waals surface area (Å²) in [6, 6.07) is 11.1. The molecule has 2 aromatic rings. The van der Waals surface area contributed by atoms with Crippen molar-refractivity contribution >= 4 is 23.4 Å². The van der Waals surface area contributed by atoms with Crippen LogP contribution >= 0.6 is 0 Å². The Hall–Kier alpha value is -3.96. The number of hydrazone groups is 1. The molecule has 2 aliphatic heterocycles. The molecule has 2 N–H and O–H groups in total. The molecule has 2 atom stereocenters. The smallest absolute Gasteiger partial charge is 0.342 e. The number of amides is 3. The second-order valence-corrected chi connectivity index (χ2v) is 8.85. The number of hydrogen-bond donors (Lipinski definition) is 2. The van der Waals surface area contributed by atoms with E-state index in [1.807, 2.05) is 37.3 Å². The van der Waals surface area contributed by atoms with Crippen LogP contribution in [0.15, 0.2) is 53.6 Å². The Balaban J connectivity index is 1.29. The highest BCUT2D eigenvalue weighted by Gasteiger charge is 2.37. The highest BCUT2D eigenvalue weighted by molar-refractivity contribution is 6.40. The number of carbonyl (C=O) groups excluding carboxylic acids is 3. The third kappa shape index (κ3) is 5.73. The fourth-order valence-corrected chi connectivity index (χ4v) is 4.42. The quantitative estimate of drug-likeness (QED) is 0.594. The van der Waals surface area contributed by atoms with Crippen LogP contribution in [0.5, 0.6) is 0 Å². The molecule has 0 spiro atoms. The van der Waals surface area contributed by atoms with Gasteiger partial charge in [-0.05, 0) is 23.8 Å². The number of rotatable bonds is 5. The first-order chi connectivity index (χ1) is 17.6. The summed E-state index contributed by atoms with van der Waals surface area (Å²) in [5.41, 5.74) is 2.21. The molecule has 1 saturated heterocycles. The summed E-state index contributed by atoms with van der Waals surface area (Å²) in [7, 11) is 0. The Morgan fingerprint density at radius 2 is 1.68 bits per heavy atom. The van der Waals surface area contributed by atoms with Crippen LogP contribution in [0.1, 0.15) is 34.5 Å². The highest BCUT2D eigenvalue weighted by atomic mass is 19.4. The van der Waals surface area contributed by atoms with E-state index in [1.165, 1.54) is 4.90 Å². The standard InChI is InChI=1S/C25H25F4N5O3/c1-15-21(16-5-3-2-4-6-16)31-32-22(15)23(36)30-14-20(35)33-9-11-34(12-10-33)24(37)18-13-17(26)7-8-19(18)25(27,28)29/h2-8,13,15,21,31H,9-12,14H2,1H3,(H,30,36). The minimum atomic E-state index is -4.81. The third-order valence-corrected chi connectivity index (χ3v) is 6.48. The van der Waals surface area contributed by atoms with Gasteiger partial charge in [0.15, 0.2) is 0 Å². The number of nitrogens with zero attached hydrogens (tertiary/aromatic N) is 3. The first kappa shape index (κ1) is 26.1. The van der Waals surface area contributed by atoms with Gasteiger partial charge in [-0.2, -0.15) is 18.3 Å². The van der Waals surface area contributed by atoms with E-state index in [0.29, 0.717) is 18.2 Å². The molecule has 8 nitrogen and oxygen atoms in total. The maximum Gasteiger partial charge on any atom is 0.417 e. The summed E-state index contributed by atoms with van der Waals surface area (Å²) in [5, 5.41) is 6.70. The van der Waals surface area contributed by atoms with Gasteiger partial charge in [-0.1, -0.05) is 37.3 Å². The fourth-order valence-electron chi connectivity index (χ4n) is 4.42.